The molecule has 3 N–H and O–H groups in total. The minimum Gasteiger partial charge on any atom is -0.386 e. The zero-order valence-corrected chi connectivity index (χ0v) is 15.4. The van der Waals surface area contributed by atoms with Gasteiger partial charge in [0.05, 0.1) is 18.8 Å². The second-order valence-electron chi connectivity index (χ2n) is 6.24. The molecule has 0 saturated heterocycles. The van der Waals surface area contributed by atoms with Crippen molar-refractivity contribution >= 4 is 11.6 Å². The van der Waals surface area contributed by atoms with Crippen LogP contribution in [0.2, 0.25) is 5.02 Å². The number of ether oxygens (including phenoxy) is 1. The van der Waals surface area contributed by atoms with Crippen LogP contribution >= 0.6 is 11.6 Å². The number of rotatable bonds is 6. The second kappa shape index (κ2) is 8.47. The Morgan fingerprint density at radius 1 is 0.962 bits per heavy atom. The lowest BCUT2D eigenvalue weighted by Crippen LogP contribution is -2.19. The molecule has 0 fully saturated rings. The minimum atomic E-state index is -0.823. The van der Waals surface area contributed by atoms with Gasteiger partial charge < -0.3 is 15.6 Å². The van der Waals surface area contributed by atoms with Crippen LogP contribution in [0.4, 0.5) is 0 Å². The Morgan fingerprint density at radius 2 is 1.62 bits per heavy atom. The van der Waals surface area contributed by atoms with Gasteiger partial charge in [-0.25, -0.2) is 0 Å². The summed E-state index contributed by atoms with van der Waals surface area (Å²) in [6.45, 7) is 0.459. The van der Waals surface area contributed by atoms with Crippen LogP contribution in [-0.2, 0) is 11.3 Å². The van der Waals surface area contributed by atoms with Crippen molar-refractivity contribution in [1.29, 1.82) is 0 Å². The van der Waals surface area contributed by atoms with Gasteiger partial charge in [0.2, 0.25) is 0 Å². The molecule has 26 heavy (non-hydrogen) atoms. The number of hydrogen-bond acceptors (Lipinski definition) is 3. The summed E-state index contributed by atoms with van der Waals surface area (Å²) in [5, 5.41) is 11.4. The summed E-state index contributed by atoms with van der Waals surface area (Å²) in [5.41, 5.74) is 11.1. The highest BCUT2D eigenvalue weighted by Gasteiger charge is 2.20. The van der Waals surface area contributed by atoms with E-state index < -0.39 is 12.1 Å². The Hall–Kier alpha value is -2.17. The van der Waals surface area contributed by atoms with Crippen LogP contribution < -0.4 is 5.73 Å². The summed E-state index contributed by atoms with van der Waals surface area (Å²) >= 11 is 5.93. The summed E-state index contributed by atoms with van der Waals surface area (Å²) in [6.07, 6.45) is -0.823. The van der Waals surface area contributed by atoms with Crippen LogP contribution in [0.15, 0.2) is 72.8 Å². The van der Waals surface area contributed by atoms with E-state index in [1.54, 1.807) is 19.2 Å². The molecular weight excluding hydrogens is 346 g/mol. The van der Waals surface area contributed by atoms with Crippen LogP contribution in [0.1, 0.15) is 28.8 Å². The highest BCUT2D eigenvalue weighted by molar-refractivity contribution is 6.30. The maximum atomic E-state index is 10.8. The lowest BCUT2D eigenvalue weighted by molar-refractivity contribution is 0.146. The van der Waals surface area contributed by atoms with Gasteiger partial charge in [0.1, 0.15) is 0 Å². The molecule has 0 aromatic heterocycles. The van der Waals surface area contributed by atoms with Crippen LogP contribution in [0, 0.1) is 0 Å². The van der Waals surface area contributed by atoms with Gasteiger partial charge in [-0.3, -0.25) is 0 Å². The molecule has 0 heterocycles. The van der Waals surface area contributed by atoms with Crippen molar-refractivity contribution in [2.24, 2.45) is 5.73 Å². The zero-order chi connectivity index (χ0) is 18.5. The molecular formula is C22H22ClNO2. The molecule has 3 rings (SSSR count). The van der Waals surface area contributed by atoms with E-state index in [1.165, 1.54) is 0 Å². The van der Waals surface area contributed by atoms with Crippen molar-refractivity contribution < 1.29 is 9.84 Å². The van der Waals surface area contributed by atoms with Gasteiger partial charge in [-0.15, -0.1) is 0 Å². The van der Waals surface area contributed by atoms with Crippen LogP contribution in [0.25, 0.3) is 11.1 Å². The van der Waals surface area contributed by atoms with Crippen LogP contribution in [0.3, 0.4) is 0 Å². The number of hydrogen-bond donors (Lipinski definition) is 2. The number of aliphatic hydroxyl groups is 1. The molecule has 3 nitrogen and oxygen atoms in total. The molecule has 0 spiro atoms. The number of methoxy groups -OCH3 is 1. The summed E-state index contributed by atoms with van der Waals surface area (Å²) in [4.78, 5) is 0. The zero-order valence-electron chi connectivity index (χ0n) is 14.6. The standard InChI is InChI=1S/C22H22ClNO2/c1-26-14-18-13-17(9-12-20(18)15-5-3-2-4-6-15)22(25)21(24)16-7-10-19(23)11-8-16/h2-13,21-22,25H,14,24H2,1H3. The second-order valence-corrected chi connectivity index (χ2v) is 6.67. The van der Waals surface area contributed by atoms with Gasteiger partial charge in [0.15, 0.2) is 0 Å². The molecule has 3 aromatic rings. The molecule has 0 aliphatic rings. The molecule has 0 radical (unpaired) electrons. The first-order valence-corrected chi connectivity index (χ1v) is 8.84. The van der Waals surface area contributed by atoms with Crippen molar-refractivity contribution in [2.45, 2.75) is 18.8 Å². The van der Waals surface area contributed by atoms with Crippen molar-refractivity contribution in [3.8, 4) is 11.1 Å². The molecule has 0 aliphatic heterocycles. The quantitative estimate of drug-likeness (QED) is 0.652. The van der Waals surface area contributed by atoms with Gasteiger partial charge in [0.25, 0.3) is 0 Å². The molecule has 134 valence electrons. The Bertz CT molecular complexity index is 850. The van der Waals surface area contributed by atoms with Gasteiger partial charge in [-0.1, -0.05) is 72.3 Å². The average molecular weight is 368 g/mol. The van der Waals surface area contributed by atoms with Gasteiger partial charge in [0, 0.05) is 12.1 Å². The first-order valence-electron chi connectivity index (χ1n) is 8.46. The molecule has 2 unspecified atom stereocenters. The molecule has 0 saturated carbocycles. The van der Waals surface area contributed by atoms with E-state index in [1.807, 2.05) is 48.5 Å². The highest BCUT2D eigenvalue weighted by Crippen LogP contribution is 2.32. The van der Waals surface area contributed by atoms with Crippen molar-refractivity contribution in [1.82, 2.24) is 0 Å². The Kier molecular flexibility index (Phi) is 6.07. The fourth-order valence-electron chi connectivity index (χ4n) is 3.05. The normalized spacial score (nSPS) is 13.4. The third-order valence-corrected chi connectivity index (χ3v) is 4.70. The molecule has 4 heteroatoms. The maximum Gasteiger partial charge on any atom is 0.0982 e. The summed E-state index contributed by atoms with van der Waals surface area (Å²) < 4.78 is 5.36. The third kappa shape index (κ3) is 4.14. The van der Waals surface area contributed by atoms with Crippen LogP contribution in [0.5, 0.6) is 0 Å². The summed E-state index contributed by atoms with van der Waals surface area (Å²) in [5.74, 6) is 0. The van der Waals surface area contributed by atoms with Gasteiger partial charge in [-0.05, 0) is 39.9 Å². The maximum absolute atomic E-state index is 10.8. The Balaban J connectivity index is 1.92. The number of benzene rings is 3. The Labute approximate surface area is 159 Å². The molecule has 0 aliphatic carbocycles. The van der Waals surface area contributed by atoms with E-state index in [0.29, 0.717) is 11.6 Å². The van der Waals surface area contributed by atoms with E-state index in [2.05, 4.69) is 12.1 Å². The molecule has 2 atom stereocenters. The predicted octanol–water partition coefficient (Wildman–Crippen LogP) is 4.89. The van der Waals surface area contributed by atoms with E-state index in [0.717, 1.165) is 27.8 Å². The van der Waals surface area contributed by atoms with Gasteiger partial charge in [-0.2, -0.15) is 0 Å². The smallest absolute Gasteiger partial charge is 0.0982 e. The SMILES string of the molecule is COCc1cc(C(O)C(N)c2ccc(Cl)cc2)ccc1-c1ccccc1. The van der Waals surface area contributed by atoms with E-state index >= 15 is 0 Å². The average Bonchev–Trinajstić information content (AvgIpc) is 2.68. The summed E-state index contributed by atoms with van der Waals surface area (Å²) in [7, 11) is 1.66. The molecule has 3 aromatic carbocycles. The third-order valence-electron chi connectivity index (χ3n) is 4.45. The Morgan fingerprint density at radius 3 is 2.27 bits per heavy atom. The summed E-state index contributed by atoms with van der Waals surface area (Å²) in [6, 6.07) is 22.7. The van der Waals surface area contributed by atoms with Crippen molar-refractivity contribution in [3.63, 3.8) is 0 Å². The van der Waals surface area contributed by atoms with Crippen molar-refractivity contribution in [3.05, 3.63) is 94.5 Å². The lowest BCUT2D eigenvalue weighted by Gasteiger charge is -2.21. The molecule has 0 bridgehead atoms. The number of nitrogens with two attached hydrogens (primary N) is 1. The van der Waals surface area contributed by atoms with Crippen LogP contribution in [-0.4, -0.2) is 12.2 Å². The van der Waals surface area contributed by atoms with E-state index in [4.69, 9.17) is 22.1 Å². The molecule has 0 amide bonds. The van der Waals surface area contributed by atoms with E-state index in [9.17, 15) is 5.11 Å². The lowest BCUT2D eigenvalue weighted by atomic mass is 9.92. The van der Waals surface area contributed by atoms with E-state index in [-0.39, 0.29) is 0 Å². The topological polar surface area (TPSA) is 55.5 Å². The predicted molar refractivity (Wildman–Crippen MR) is 106 cm³/mol. The minimum absolute atomic E-state index is 0.459. The fraction of sp³-hybridized carbons (Fsp3) is 0.182. The van der Waals surface area contributed by atoms with Crippen molar-refractivity contribution in [2.75, 3.05) is 7.11 Å². The number of aliphatic hydroxyl groups excluding tert-OH is 1. The fourth-order valence-corrected chi connectivity index (χ4v) is 3.17. The monoisotopic (exact) mass is 367 g/mol. The first kappa shape index (κ1) is 18.6. The highest BCUT2D eigenvalue weighted by atomic mass is 35.5. The largest absolute Gasteiger partial charge is 0.386 e. The first-order chi connectivity index (χ1) is 12.6. The number of halogens is 1. The van der Waals surface area contributed by atoms with Gasteiger partial charge >= 0.3 is 0 Å².